The molecule has 1 aliphatic heterocycles. The van der Waals surface area contributed by atoms with Gasteiger partial charge in [0, 0.05) is 0 Å². The van der Waals surface area contributed by atoms with Crippen molar-refractivity contribution < 1.29 is 19.4 Å². The second-order valence-electron chi connectivity index (χ2n) is 2.27. The third-order valence-electron chi connectivity index (χ3n) is 1.41. The summed E-state index contributed by atoms with van der Waals surface area (Å²) in [4.78, 5) is 10.3. The number of rotatable bonds is 1. The predicted octanol–water partition coefficient (Wildman–Crippen LogP) is 0.0800. The van der Waals surface area contributed by atoms with E-state index in [-0.39, 0.29) is 19.5 Å². The highest BCUT2D eigenvalue weighted by molar-refractivity contribution is 5.70. The van der Waals surface area contributed by atoms with Crippen LogP contribution in [0.5, 0.6) is 0 Å². The Hall–Kier alpha value is -0.610. The summed E-state index contributed by atoms with van der Waals surface area (Å²) in [5, 5.41) is 8.46. The molecule has 1 rings (SSSR count). The summed E-state index contributed by atoms with van der Waals surface area (Å²) in [5.74, 6) is -1.34. The van der Waals surface area contributed by atoms with Crippen LogP contribution in [-0.2, 0) is 14.3 Å². The van der Waals surface area contributed by atoms with Gasteiger partial charge < -0.3 is 14.6 Å². The first-order valence-electron chi connectivity index (χ1n) is 3.16. The first kappa shape index (κ1) is 7.50. The maximum Gasteiger partial charge on any atom is 0.311 e. The van der Waals surface area contributed by atoms with Crippen LogP contribution in [0.4, 0.5) is 0 Å². The molecule has 0 amide bonds. The first-order chi connectivity index (χ1) is 4.70. The van der Waals surface area contributed by atoms with Crippen molar-refractivity contribution in [2.24, 2.45) is 5.92 Å². The van der Waals surface area contributed by atoms with Gasteiger partial charge in [0.1, 0.15) is 5.92 Å². The number of carboxylic acid groups (broad SMARTS) is 1. The largest absolute Gasteiger partial charge is 0.481 e. The van der Waals surface area contributed by atoms with Crippen molar-refractivity contribution in [2.45, 2.75) is 13.2 Å². The summed E-state index contributed by atoms with van der Waals surface area (Å²) in [6.45, 7) is 2.27. The van der Waals surface area contributed by atoms with E-state index in [0.717, 1.165) is 0 Å². The van der Waals surface area contributed by atoms with Gasteiger partial charge >= 0.3 is 5.97 Å². The van der Waals surface area contributed by atoms with Gasteiger partial charge in [0.15, 0.2) is 6.29 Å². The Morgan fingerprint density at radius 2 is 2.00 bits per heavy atom. The molecule has 0 radical (unpaired) electrons. The second-order valence-corrected chi connectivity index (χ2v) is 2.27. The second kappa shape index (κ2) is 2.98. The molecular formula is C6H10O4. The van der Waals surface area contributed by atoms with Crippen molar-refractivity contribution in [2.75, 3.05) is 13.2 Å². The lowest BCUT2D eigenvalue weighted by molar-refractivity contribution is -0.199. The lowest BCUT2D eigenvalue weighted by atomic mass is 10.2. The summed E-state index contributed by atoms with van der Waals surface area (Å²) in [6, 6.07) is 0. The number of carbonyl (C=O) groups is 1. The van der Waals surface area contributed by atoms with Crippen LogP contribution in [0.3, 0.4) is 0 Å². The van der Waals surface area contributed by atoms with Crippen LogP contribution in [0.1, 0.15) is 6.92 Å². The van der Waals surface area contributed by atoms with E-state index in [0.29, 0.717) is 0 Å². The smallest absolute Gasteiger partial charge is 0.311 e. The van der Waals surface area contributed by atoms with Crippen molar-refractivity contribution in [1.82, 2.24) is 0 Å². The topological polar surface area (TPSA) is 55.8 Å². The lowest BCUT2D eigenvalue weighted by Crippen LogP contribution is -2.34. The van der Waals surface area contributed by atoms with Crippen LogP contribution in [0, 0.1) is 5.92 Å². The molecule has 1 fully saturated rings. The Balaban J connectivity index is 2.33. The van der Waals surface area contributed by atoms with Crippen molar-refractivity contribution >= 4 is 5.97 Å². The molecular weight excluding hydrogens is 136 g/mol. The number of carboxylic acids is 1. The van der Waals surface area contributed by atoms with E-state index in [1.807, 2.05) is 0 Å². The van der Waals surface area contributed by atoms with Crippen molar-refractivity contribution in [1.29, 1.82) is 0 Å². The lowest BCUT2D eigenvalue weighted by Gasteiger charge is -2.24. The van der Waals surface area contributed by atoms with E-state index in [1.54, 1.807) is 6.92 Å². The molecule has 0 aromatic carbocycles. The van der Waals surface area contributed by atoms with E-state index in [1.165, 1.54) is 0 Å². The molecule has 1 aliphatic rings. The Morgan fingerprint density at radius 1 is 1.50 bits per heavy atom. The zero-order valence-corrected chi connectivity index (χ0v) is 5.74. The van der Waals surface area contributed by atoms with Crippen LogP contribution in [0.25, 0.3) is 0 Å². The molecule has 0 aromatic rings. The maximum absolute atomic E-state index is 10.3. The first-order valence-corrected chi connectivity index (χ1v) is 3.16. The van der Waals surface area contributed by atoms with Crippen LogP contribution >= 0.6 is 0 Å². The Bertz CT molecular complexity index is 126. The molecule has 10 heavy (non-hydrogen) atoms. The van der Waals surface area contributed by atoms with Crippen LogP contribution in [-0.4, -0.2) is 30.6 Å². The Labute approximate surface area is 58.7 Å². The predicted molar refractivity (Wildman–Crippen MR) is 32.5 cm³/mol. The van der Waals surface area contributed by atoms with Gasteiger partial charge in [-0.3, -0.25) is 4.79 Å². The Kier molecular flexibility index (Phi) is 2.24. The molecule has 4 nitrogen and oxygen atoms in total. The fourth-order valence-electron chi connectivity index (χ4n) is 0.742. The zero-order chi connectivity index (χ0) is 7.56. The molecule has 0 saturated carbocycles. The van der Waals surface area contributed by atoms with Gasteiger partial charge in [0.2, 0.25) is 0 Å². The van der Waals surface area contributed by atoms with E-state index in [4.69, 9.17) is 14.6 Å². The van der Waals surface area contributed by atoms with Crippen LogP contribution in [0.15, 0.2) is 0 Å². The fraction of sp³-hybridized carbons (Fsp3) is 0.833. The third-order valence-corrected chi connectivity index (χ3v) is 1.41. The minimum atomic E-state index is -0.855. The summed E-state index contributed by atoms with van der Waals surface area (Å²) in [7, 11) is 0. The van der Waals surface area contributed by atoms with Gasteiger partial charge in [0.05, 0.1) is 13.2 Å². The molecule has 0 aromatic heterocycles. The van der Waals surface area contributed by atoms with Gasteiger partial charge in [-0.2, -0.15) is 0 Å². The number of ether oxygens (including phenoxy) is 2. The highest BCUT2D eigenvalue weighted by Gasteiger charge is 2.24. The number of aliphatic carboxylic acids is 1. The quantitative estimate of drug-likeness (QED) is 0.569. The molecule has 1 heterocycles. The van der Waals surface area contributed by atoms with Crippen LogP contribution < -0.4 is 0 Å². The van der Waals surface area contributed by atoms with Gasteiger partial charge in [-0.05, 0) is 6.92 Å². The SMILES string of the molecule is CC1OCC(C(=O)O)CO1. The van der Waals surface area contributed by atoms with Gasteiger partial charge in [-0.25, -0.2) is 0 Å². The van der Waals surface area contributed by atoms with Crippen molar-refractivity contribution in [3.63, 3.8) is 0 Å². The summed E-state index contributed by atoms with van der Waals surface area (Å²) in [5.41, 5.74) is 0. The summed E-state index contributed by atoms with van der Waals surface area (Å²) < 4.78 is 9.90. The molecule has 0 atom stereocenters. The van der Waals surface area contributed by atoms with E-state index < -0.39 is 11.9 Å². The molecule has 0 aliphatic carbocycles. The third kappa shape index (κ3) is 1.68. The molecule has 0 bridgehead atoms. The standard InChI is InChI=1S/C6H10O4/c1-4-9-2-5(3-10-4)6(7)8/h4-5H,2-3H2,1H3,(H,7,8). The van der Waals surface area contributed by atoms with Gasteiger partial charge in [-0.15, -0.1) is 0 Å². The average molecular weight is 146 g/mol. The molecule has 0 spiro atoms. The van der Waals surface area contributed by atoms with E-state index in [9.17, 15) is 4.79 Å². The van der Waals surface area contributed by atoms with Gasteiger partial charge in [0.25, 0.3) is 0 Å². The minimum absolute atomic E-state index is 0.254. The maximum atomic E-state index is 10.3. The van der Waals surface area contributed by atoms with E-state index >= 15 is 0 Å². The van der Waals surface area contributed by atoms with E-state index in [2.05, 4.69) is 0 Å². The number of hydrogen-bond donors (Lipinski definition) is 1. The molecule has 1 N–H and O–H groups in total. The molecule has 4 heteroatoms. The molecule has 0 unspecified atom stereocenters. The normalized spacial score (nSPS) is 33.7. The highest BCUT2D eigenvalue weighted by atomic mass is 16.7. The summed E-state index contributed by atoms with van der Waals surface area (Å²) >= 11 is 0. The average Bonchev–Trinajstić information content (AvgIpc) is 1.88. The van der Waals surface area contributed by atoms with Crippen LogP contribution in [0.2, 0.25) is 0 Å². The monoisotopic (exact) mass is 146 g/mol. The van der Waals surface area contributed by atoms with Crippen molar-refractivity contribution in [3.05, 3.63) is 0 Å². The molecule has 58 valence electrons. The summed E-state index contributed by atoms with van der Waals surface area (Å²) in [6.07, 6.45) is -0.254. The minimum Gasteiger partial charge on any atom is -0.481 e. The van der Waals surface area contributed by atoms with Crippen molar-refractivity contribution in [3.8, 4) is 0 Å². The van der Waals surface area contributed by atoms with Gasteiger partial charge in [-0.1, -0.05) is 0 Å². The highest BCUT2D eigenvalue weighted by Crippen LogP contribution is 2.09. The zero-order valence-electron chi connectivity index (χ0n) is 5.74. The fourth-order valence-corrected chi connectivity index (χ4v) is 0.742. The molecule has 1 saturated heterocycles. The Morgan fingerprint density at radius 3 is 2.40 bits per heavy atom. The number of hydrogen-bond acceptors (Lipinski definition) is 3.